The van der Waals surface area contributed by atoms with E-state index in [-0.39, 0.29) is 22.7 Å². The second-order valence-electron chi connectivity index (χ2n) is 4.07. The summed E-state index contributed by atoms with van der Waals surface area (Å²) in [7, 11) is 1.72. The number of hydrogen-bond acceptors (Lipinski definition) is 3. The molecule has 1 heterocycles. The van der Waals surface area contributed by atoms with Gasteiger partial charge in [-0.3, -0.25) is 9.59 Å². The molecule has 1 aromatic carbocycles. The smallest absolute Gasteiger partial charge is 0.190 e. The number of carbonyl (C=O) groups excluding carboxylic acids is 2. The number of aryl methyl sites for hydroxylation is 1. The third-order valence-corrected chi connectivity index (χ3v) is 2.86. The van der Waals surface area contributed by atoms with Crippen LogP contribution in [0.2, 0.25) is 5.02 Å². The van der Waals surface area contributed by atoms with E-state index in [1.165, 1.54) is 18.6 Å². The van der Waals surface area contributed by atoms with E-state index in [9.17, 15) is 14.0 Å². The van der Waals surface area contributed by atoms with E-state index in [4.69, 9.17) is 11.6 Å². The lowest BCUT2D eigenvalue weighted by atomic mass is 10.0. The Balaban J connectivity index is 2.15. The van der Waals surface area contributed by atoms with E-state index < -0.39 is 17.4 Å². The predicted molar refractivity (Wildman–Crippen MR) is 67.9 cm³/mol. The summed E-state index contributed by atoms with van der Waals surface area (Å²) in [6, 6.07) is 3.44. The minimum atomic E-state index is -0.530. The van der Waals surface area contributed by atoms with Gasteiger partial charge in [-0.25, -0.2) is 9.37 Å². The Morgan fingerprint density at radius 1 is 1.37 bits per heavy atom. The number of rotatable bonds is 4. The first-order valence-corrected chi connectivity index (χ1v) is 5.84. The largest absolute Gasteiger partial charge is 0.340 e. The van der Waals surface area contributed by atoms with E-state index >= 15 is 0 Å². The Morgan fingerprint density at radius 3 is 2.68 bits per heavy atom. The lowest BCUT2D eigenvalue weighted by molar-refractivity contribution is 0.0892. The van der Waals surface area contributed by atoms with Crippen molar-refractivity contribution in [2.24, 2.45) is 7.05 Å². The van der Waals surface area contributed by atoms with E-state index in [0.717, 1.165) is 12.1 Å². The Labute approximate surface area is 113 Å². The second kappa shape index (κ2) is 5.32. The van der Waals surface area contributed by atoms with Crippen molar-refractivity contribution in [3.8, 4) is 0 Å². The molecular formula is C13H10ClFN2O2. The van der Waals surface area contributed by atoms with Crippen LogP contribution in [0.3, 0.4) is 0 Å². The van der Waals surface area contributed by atoms with E-state index in [1.54, 1.807) is 11.6 Å². The molecule has 2 aromatic rings. The van der Waals surface area contributed by atoms with Crippen LogP contribution in [0.1, 0.15) is 27.3 Å². The molecule has 0 aliphatic rings. The van der Waals surface area contributed by atoms with E-state index in [0.29, 0.717) is 0 Å². The highest BCUT2D eigenvalue weighted by Gasteiger charge is 2.17. The molecule has 6 heteroatoms. The standard InChI is InChI=1S/C13H10ClFN2O2/c1-17-6-11(16-7-17)13(19)5-12(18)9-3-2-8(15)4-10(9)14/h2-4,6-7H,5H2,1H3. The zero-order chi connectivity index (χ0) is 14.0. The number of aromatic nitrogens is 2. The molecule has 0 bridgehead atoms. The SMILES string of the molecule is Cn1cnc(C(=O)CC(=O)c2ccc(F)cc2Cl)c1. The van der Waals surface area contributed by atoms with Crippen molar-refractivity contribution in [2.45, 2.75) is 6.42 Å². The van der Waals surface area contributed by atoms with Gasteiger partial charge in [0.15, 0.2) is 11.6 Å². The maximum atomic E-state index is 12.9. The number of nitrogens with zero attached hydrogens (tertiary/aromatic N) is 2. The monoisotopic (exact) mass is 280 g/mol. The van der Waals surface area contributed by atoms with Gasteiger partial charge in [-0.2, -0.15) is 0 Å². The molecule has 2 rings (SSSR count). The normalized spacial score (nSPS) is 10.5. The average molecular weight is 281 g/mol. The topological polar surface area (TPSA) is 52.0 Å². The number of hydrogen-bond donors (Lipinski definition) is 0. The van der Waals surface area contributed by atoms with Crippen molar-refractivity contribution >= 4 is 23.2 Å². The molecule has 0 atom stereocenters. The molecule has 0 aliphatic carbocycles. The average Bonchev–Trinajstić information content (AvgIpc) is 2.75. The van der Waals surface area contributed by atoms with Crippen LogP contribution in [0, 0.1) is 5.82 Å². The summed E-state index contributed by atoms with van der Waals surface area (Å²) in [5.41, 5.74) is 0.349. The van der Waals surface area contributed by atoms with Crippen molar-refractivity contribution in [3.05, 3.63) is 52.8 Å². The second-order valence-corrected chi connectivity index (χ2v) is 4.48. The zero-order valence-electron chi connectivity index (χ0n) is 10.1. The van der Waals surface area contributed by atoms with Gasteiger partial charge in [0.1, 0.15) is 11.5 Å². The summed E-state index contributed by atoms with van der Waals surface area (Å²) in [6.45, 7) is 0. The summed E-state index contributed by atoms with van der Waals surface area (Å²) < 4.78 is 14.5. The molecule has 19 heavy (non-hydrogen) atoms. The van der Waals surface area contributed by atoms with Gasteiger partial charge in [-0.05, 0) is 18.2 Å². The molecule has 0 spiro atoms. The maximum Gasteiger partial charge on any atom is 0.190 e. The fourth-order valence-corrected chi connectivity index (χ4v) is 1.88. The molecule has 0 amide bonds. The molecule has 0 saturated heterocycles. The molecule has 0 N–H and O–H groups in total. The minimum absolute atomic E-state index is 0.00109. The number of carbonyl (C=O) groups is 2. The summed E-state index contributed by atoms with van der Waals surface area (Å²) >= 11 is 5.77. The Hall–Kier alpha value is -2.01. The Morgan fingerprint density at radius 2 is 2.11 bits per heavy atom. The third kappa shape index (κ3) is 3.06. The van der Waals surface area contributed by atoms with Gasteiger partial charge in [0.25, 0.3) is 0 Å². The minimum Gasteiger partial charge on any atom is -0.340 e. The van der Waals surface area contributed by atoms with Crippen LogP contribution in [-0.2, 0) is 7.05 Å². The predicted octanol–water partition coefficient (Wildman–Crippen LogP) is 2.67. The first-order valence-electron chi connectivity index (χ1n) is 5.47. The first-order chi connectivity index (χ1) is 8.97. The lowest BCUT2D eigenvalue weighted by Crippen LogP contribution is -2.09. The molecule has 0 aliphatic heterocycles. The molecule has 98 valence electrons. The molecule has 0 saturated carbocycles. The number of imidazole rings is 1. The number of Topliss-reactive ketones (excluding diaryl/α,β-unsaturated/α-hetero) is 2. The van der Waals surface area contributed by atoms with Crippen LogP contribution in [-0.4, -0.2) is 21.1 Å². The lowest BCUT2D eigenvalue weighted by Gasteiger charge is -2.02. The summed E-state index contributed by atoms with van der Waals surface area (Å²) in [5.74, 6) is -1.38. The van der Waals surface area contributed by atoms with Gasteiger partial charge in [0, 0.05) is 18.8 Å². The van der Waals surface area contributed by atoms with Crippen LogP contribution in [0.15, 0.2) is 30.7 Å². The summed E-state index contributed by atoms with van der Waals surface area (Å²) in [4.78, 5) is 27.6. The molecule has 0 radical (unpaired) electrons. The number of halogens is 2. The fraction of sp³-hybridized carbons (Fsp3) is 0.154. The Kier molecular flexibility index (Phi) is 3.76. The van der Waals surface area contributed by atoms with Crippen molar-refractivity contribution in [2.75, 3.05) is 0 Å². The van der Waals surface area contributed by atoms with Gasteiger partial charge in [-0.15, -0.1) is 0 Å². The molecule has 4 nitrogen and oxygen atoms in total. The van der Waals surface area contributed by atoms with Crippen molar-refractivity contribution in [1.29, 1.82) is 0 Å². The molecular weight excluding hydrogens is 271 g/mol. The number of ketones is 2. The van der Waals surface area contributed by atoms with Crippen LogP contribution in [0.25, 0.3) is 0 Å². The molecule has 0 fully saturated rings. The third-order valence-electron chi connectivity index (χ3n) is 2.54. The van der Waals surface area contributed by atoms with Gasteiger partial charge >= 0.3 is 0 Å². The van der Waals surface area contributed by atoms with Crippen LogP contribution >= 0.6 is 11.6 Å². The van der Waals surface area contributed by atoms with Crippen molar-refractivity contribution in [3.63, 3.8) is 0 Å². The molecule has 0 unspecified atom stereocenters. The summed E-state index contributed by atoms with van der Waals surface area (Å²) in [5, 5.41) is -0.00109. The first kappa shape index (κ1) is 13.4. The summed E-state index contributed by atoms with van der Waals surface area (Å²) in [6.07, 6.45) is 2.66. The van der Waals surface area contributed by atoms with Crippen LogP contribution in [0.5, 0.6) is 0 Å². The van der Waals surface area contributed by atoms with Crippen LogP contribution in [0.4, 0.5) is 4.39 Å². The van der Waals surface area contributed by atoms with Crippen molar-refractivity contribution < 1.29 is 14.0 Å². The van der Waals surface area contributed by atoms with Crippen LogP contribution < -0.4 is 0 Å². The zero-order valence-corrected chi connectivity index (χ0v) is 10.8. The van der Waals surface area contributed by atoms with E-state index in [2.05, 4.69) is 4.98 Å². The Bertz CT molecular complexity index is 652. The van der Waals surface area contributed by atoms with Crippen molar-refractivity contribution in [1.82, 2.24) is 9.55 Å². The highest BCUT2D eigenvalue weighted by Crippen LogP contribution is 2.19. The highest BCUT2D eigenvalue weighted by molar-refractivity contribution is 6.34. The quantitative estimate of drug-likeness (QED) is 0.639. The van der Waals surface area contributed by atoms with Gasteiger partial charge in [0.2, 0.25) is 0 Å². The van der Waals surface area contributed by atoms with Gasteiger partial charge < -0.3 is 4.57 Å². The maximum absolute atomic E-state index is 12.9. The van der Waals surface area contributed by atoms with Gasteiger partial charge in [0.05, 0.1) is 17.8 Å². The highest BCUT2D eigenvalue weighted by atomic mass is 35.5. The number of benzene rings is 1. The van der Waals surface area contributed by atoms with E-state index in [1.807, 2.05) is 0 Å². The molecule has 1 aromatic heterocycles. The fourth-order valence-electron chi connectivity index (χ4n) is 1.60. The van der Waals surface area contributed by atoms with Gasteiger partial charge in [-0.1, -0.05) is 11.6 Å².